The Morgan fingerprint density at radius 1 is 1.00 bits per heavy atom. The van der Waals surface area contributed by atoms with Gasteiger partial charge in [-0.1, -0.05) is 59.2 Å². The summed E-state index contributed by atoms with van der Waals surface area (Å²) in [5.74, 6) is 0.431. The quantitative estimate of drug-likeness (QED) is 0.337. The fourth-order valence-electron chi connectivity index (χ4n) is 3.12. The van der Waals surface area contributed by atoms with E-state index in [-0.39, 0.29) is 5.91 Å². The Morgan fingerprint density at radius 3 is 2.38 bits per heavy atom. The van der Waals surface area contributed by atoms with Gasteiger partial charge in [0.15, 0.2) is 11.0 Å². The summed E-state index contributed by atoms with van der Waals surface area (Å²) >= 11 is 13.7. The van der Waals surface area contributed by atoms with Crippen LogP contribution in [0.3, 0.4) is 0 Å². The van der Waals surface area contributed by atoms with Crippen LogP contribution in [0.1, 0.15) is 12.5 Å². The molecular weight excluding hydrogens is 465 g/mol. The highest BCUT2D eigenvalue weighted by Gasteiger charge is 2.23. The van der Waals surface area contributed by atoms with Crippen molar-refractivity contribution in [1.29, 1.82) is 0 Å². The number of halogens is 2. The minimum Gasteiger partial charge on any atom is -0.323 e. The number of benzene rings is 2. The molecule has 0 radical (unpaired) electrons. The number of thioether (sulfide) groups is 1. The van der Waals surface area contributed by atoms with Gasteiger partial charge in [-0.05, 0) is 49.7 Å². The first-order valence-corrected chi connectivity index (χ1v) is 11.4. The first-order valence-electron chi connectivity index (χ1n) is 9.79. The number of amides is 1. The van der Waals surface area contributed by atoms with Gasteiger partial charge in [0.1, 0.15) is 0 Å². The molecule has 2 heterocycles. The molecule has 1 atom stereocenters. The van der Waals surface area contributed by atoms with E-state index in [1.54, 1.807) is 37.5 Å². The summed E-state index contributed by atoms with van der Waals surface area (Å²) in [6.07, 6.45) is 3.42. The predicted molar refractivity (Wildman–Crippen MR) is 130 cm³/mol. The lowest BCUT2D eigenvalue weighted by Crippen LogP contribution is -2.23. The van der Waals surface area contributed by atoms with Crippen molar-refractivity contribution in [2.24, 2.45) is 0 Å². The van der Waals surface area contributed by atoms with Crippen molar-refractivity contribution in [1.82, 2.24) is 19.7 Å². The van der Waals surface area contributed by atoms with Crippen LogP contribution in [0.2, 0.25) is 10.0 Å². The number of rotatable bonds is 6. The number of hydrogen-bond donors (Lipinski definition) is 1. The van der Waals surface area contributed by atoms with E-state index in [2.05, 4.69) is 20.5 Å². The number of aryl methyl sites for hydroxylation is 1. The summed E-state index contributed by atoms with van der Waals surface area (Å²) < 4.78 is 1.96. The third-order valence-electron chi connectivity index (χ3n) is 4.79. The molecule has 0 aliphatic carbocycles. The van der Waals surface area contributed by atoms with E-state index < -0.39 is 5.25 Å². The van der Waals surface area contributed by atoms with Gasteiger partial charge in [0, 0.05) is 18.0 Å². The van der Waals surface area contributed by atoms with Crippen LogP contribution in [0.15, 0.2) is 72.1 Å². The van der Waals surface area contributed by atoms with Gasteiger partial charge in [-0.3, -0.25) is 14.3 Å². The van der Waals surface area contributed by atoms with Crippen LogP contribution in [0.4, 0.5) is 5.69 Å². The SMILES string of the molecule is Cc1ccccc1-n1c(SC(C)C(=O)Nc2c(Cl)cccc2Cl)nnc1-c1ccncc1. The number of para-hydroxylation sites is 2. The number of aromatic nitrogens is 4. The molecule has 1 N–H and O–H groups in total. The number of anilines is 1. The maximum atomic E-state index is 12.9. The van der Waals surface area contributed by atoms with E-state index in [1.807, 2.05) is 47.9 Å². The average Bonchev–Trinajstić information content (AvgIpc) is 3.20. The number of hydrogen-bond acceptors (Lipinski definition) is 5. The van der Waals surface area contributed by atoms with E-state index in [0.29, 0.717) is 26.7 Å². The second kappa shape index (κ2) is 9.73. The topological polar surface area (TPSA) is 72.7 Å². The molecule has 0 aliphatic rings. The lowest BCUT2D eigenvalue weighted by atomic mass is 10.2. The minimum absolute atomic E-state index is 0.241. The molecule has 2 aromatic heterocycles. The lowest BCUT2D eigenvalue weighted by molar-refractivity contribution is -0.115. The third-order valence-corrected chi connectivity index (χ3v) is 6.46. The smallest absolute Gasteiger partial charge is 0.237 e. The maximum Gasteiger partial charge on any atom is 0.237 e. The highest BCUT2D eigenvalue weighted by Crippen LogP contribution is 2.33. The Hall–Kier alpha value is -2.87. The Kier molecular flexibility index (Phi) is 6.79. The number of carbonyl (C=O) groups is 1. The average molecular weight is 484 g/mol. The predicted octanol–water partition coefficient (Wildman–Crippen LogP) is 6.06. The van der Waals surface area contributed by atoms with Crippen LogP contribution >= 0.6 is 35.0 Å². The minimum atomic E-state index is -0.486. The standard InChI is InChI=1S/C23H19Cl2N5OS/c1-14-6-3-4-9-19(14)30-21(16-10-12-26-13-11-16)28-29-23(30)32-15(2)22(31)27-20-17(24)7-5-8-18(20)25/h3-13,15H,1-2H3,(H,27,31). The zero-order valence-electron chi connectivity index (χ0n) is 17.3. The molecule has 0 spiro atoms. The van der Waals surface area contributed by atoms with Crippen molar-refractivity contribution >= 4 is 46.6 Å². The zero-order valence-corrected chi connectivity index (χ0v) is 19.6. The van der Waals surface area contributed by atoms with Gasteiger partial charge >= 0.3 is 0 Å². The highest BCUT2D eigenvalue weighted by atomic mass is 35.5. The molecule has 1 amide bonds. The number of nitrogens with zero attached hydrogens (tertiary/aromatic N) is 4. The normalized spacial score (nSPS) is 11.9. The van der Waals surface area contributed by atoms with Gasteiger partial charge in [0.2, 0.25) is 5.91 Å². The maximum absolute atomic E-state index is 12.9. The molecule has 0 saturated heterocycles. The van der Waals surface area contributed by atoms with Crippen molar-refractivity contribution in [2.75, 3.05) is 5.32 Å². The van der Waals surface area contributed by atoms with Gasteiger partial charge < -0.3 is 5.32 Å². The molecule has 162 valence electrons. The molecule has 4 aromatic rings. The molecule has 6 nitrogen and oxygen atoms in total. The summed E-state index contributed by atoms with van der Waals surface area (Å²) in [5.41, 5.74) is 3.27. The lowest BCUT2D eigenvalue weighted by Gasteiger charge is -2.16. The van der Waals surface area contributed by atoms with Crippen LogP contribution in [-0.2, 0) is 4.79 Å². The zero-order chi connectivity index (χ0) is 22.7. The van der Waals surface area contributed by atoms with Crippen molar-refractivity contribution in [3.8, 4) is 17.1 Å². The van der Waals surface area contributed by atoms with E-state index in [4.69, 9.17) is 23.2 Å². The first-order chi connectivity index (χ1) is 15.5. The van der Waals surface area contributed by atoms with E-state index in [0.717, 1.165) is 16.8 Å². The first kappa shape index (κ1) is 22.3. The molecular formula is C23H19Cl2N5OS. The summed E-state index contributed by atoms with van der Waals surface area (Å²) in [5, 5.41) is 12.5. The van der Waals surface area contributed by atoms with Crippen LogP contribution in [0.25, 0.3) is 17.1 Å². The molecule has 2 aromatic carbocycles. The van der Waals surface area contributed by atoms with Crippen LogP contribution < -0.4 is 5.32 Å². The molecule has 1 unspecified atom stereocenters. The van der Waals surface area contributed by atoms with E-state index >= 15 is 0 Å². The van der Waals surface area contributed by atoms with Gasteiger partial charge in [0.05, 0.1) is 26.7 Å². The summed E-state index contributed by atoms with van der Waals surface area (Å²) in [4.78, 5) is 17.0. The van der Waals surface area contributed by atoms with Crippen molar-refractivity contribution in [3.63, 3.8) is 0 Å². The van der Waals surface area contributed by atoms with Gasteiger partial charge in [-0.25, -0.2) is 0 Å². The van der Waals surface area contributed by atoms with Crippen LogP contribution in [0, 0.1) is 6.92 Å². The molecule has 0 aliphatic heterocycles. The Bertz CT molecular complexity index is 1240. The van der Waals surface area contributed by atoms with Crippen molar-refractivity contribution in [3.05, 3.63) is 82.6 Å². The van der Waals surface area contributed by atoms with E-state index in [1.165, 1.54) is 11.8 Å². The van der Waals surface area contributed by atoms with Gasteiger partial charge in [-0.2, -0.15) is 0 Å². The fraction of sp³-hybridized carbons (Fsp3) is 0.130. The monoisotopic (exact) mass is 483 g/mol. The highest BCUT2D eigenvalue weighted by molar-refractivity contribution is 8.00. The number of nitrogens with one attached hydrogen (secondary N) is 1. The van der Waals surface area contributed by atoms with Gasteiger partial charge in [0.25, 0.3) is 0 Å². The largest absolute Gasteiger partial charge is 0.323 e. The molecule has 32 heavy (non-hydrogen) atoms. The second-order valence-electron chi connectivity index (χ2n) is 7.01. The van der Waals surface area contributed by atoms with Crippen molar-refractivity contribution < 1.29 is 4.79 Å². The fourth-order valence-corrected chi connectivity index (χ4v) is 4.47. The number of carbonyl (C=O) groups excluding carboxylic acids is 1. The Labute approximate surface area is 200 Å². The molecule has 4 rings (SSSR count). The van der Waals surface area contributed by atoms with E-state index in [9.17, 15) is 4.79 Å². The summed E-state index contributed by atoms with van der Waals surface area (Å²) in [7, 11) is 0. The summed E-state index contributed by atoms with van der Waals surface area (Å²) in [6, 6.07) is 16.8. The Morgan fingerprint density at radius 2 is 1.69 bits per heavy atom. The molecule has 0 saturated carbocycles. The molecule has 0 bridgehead atoms. The Balaban J connectivity index is 1.67. The summed E-state index contributed by atoms with van der Waals surface area (Å²) in [6.45, 7) is 3.82. The second-order valence-corrected chi connectivity index (χ2v) is 9.13. The molecule has 0 fully saturated rings. The molecule has 9 heteroatoms. The van der Waals surface area contributed by atoms with Crippen LogP contribution in [-0.4, -0.2) is 30.9 Å². The third kappa shape index (κ3) is 4.65. The van der Waals surface area contributed by atoms with Crippen molar-refractivity contribution in [2.45, 2.75) is 24.3 Å². The van der Waals surface area contributed by atoms with Crippen LogP contribution in [0.5, 0.6) is 0 Å². The van der Waals surface area contributed by atoms with Gasteiger partial charge in [-0.15, -0.1) is 10.2 Å². The number of pyridine rings is 1.